The molecule has 4 heteroatoms. The van der Waals surface area contributed by atoms with E-state index in [1.165, 1.54) is 0 Å². The topological polar surface area (TPSA) is 47.3 Å². The first-order chi connectivity index (χ1) is 13.6. The first kappa shape index (κ1) is 18.3. The highest BCUT2D eigenvalue weighted by molar-refractivity contribution is 5.76. The molecular formula is C24H24N2O2. The van der Waals surface area contributed by atoms with Gasteiger partial charge in [0.05, 0.1) is 11.0 Å². The minimum atomic E-state index is -0.794. The number of aliphatic hydroxyl groups is 1. The highest BCUT2D eigenvalue weighted by Crippen LogP contribution is 2.29. The summed E-state index contributed by atoms with van der Waals surface area (Å²) in [4.78, 5) is 4.69. The van der Waals surface area contributed by atoms with Gasteiger partial charge in [0.25, 0.3) is 0 Å². The number of imidazole rings is 1. The Labute approximate surface area is 165 Å². The van der Waals surface area contributed by atoms with E-state index in [1.807, 2.05) is 78.9 Å². The number of hydrogen-bond donors (Lipinski definition) is 1. The largest absolute Gasteiger partial charge is 0.489 e. The van der Waals surface area contributed by atoms with Crippen molar-refractivity contribution in [2.75, 3.05) is 0 Å². The molecule has 4 nitrogen and oxygen atoms in total. The van der Waals surface area contributed by atoms with Crippen molar-refractivity contribution in [3.05, 3.63) is 95.8 Å². The van der Waals surface area contributed by atoms with Gasteiger partial charge in [0.15, 0.2) is 0 Å². The molecule has 4 aromatic rings. The summed E-state index contributed by atoms with van der Waals surface area (Å²) in [5.74, 6) is 1.44. The van der Waals surface area contributed by atoms with E-state index in [0.29, 0.717) is 12.4 Å². The molecule has 0 aliphatic heterocycles. The van der Waals surface area contributed by atoms with Gasteiger partial charge < -0.3 is 14.4 Å². The third-order valence-electron chi connectivity index (χ3n) is 4.83. The van der Waals surface area contributed by atoms with E-state index in [0.717, 1.165) is 27.9 Å². The van der Waals surface area contributed by atoms with Crippen molar-refractivity contribution in [1.29, 1.82) is 0 Å². The Morgan fingerprint density at radius 3 is 2.29 bits per heavy atom. The maximum absolute atomic E-state index is 11.0. The fourth-order valence-corrected chi connectivity index (χ4v) is 3.44. The number of aliphatic hydroxyl groups excluding tert-OH is 1. The molecule has 0 saturated heterocycles. The number of rotatable bonds is 6. The van der Waals surface area contributed by atoms with Gasteiger partial charge in [-0.3, -0.25) is 0 Å². The Kier molecular flexibility index (Phi) is 5.13. The molecule has 0 aliphatic rings. The van der Waals surface area contributed by atoms with Crippen molar-refractivity contribution in [2.45, 2.75) is 32.6 Å². The Balaban J connectivity index is 1.56. The first-order valence-corrected chi connectivity index (χ1v) is 9.55. The summed E-state index contributed by atoms with van der Waals surface area (Å²) in [6.45, 7) is 4.72. The molecule has 1 heterocycles. The molecule has 0 bridgehead atoms. The Morgan fingerprint density at radius 1 is 0.893 bits per heavy atom. The summed E-state index contributed by atoms with van der Waals surface area (Å²) in [6.07, 6.45) is -0.794. The van der Waals surface area contributed by atoms with E-state index >= 15 is 0 Å². The molecule has 0 saturated carbocycles. The smallest absolute Gasteiger partial charge is 0.143 e. The van der Waals surface area contributed by atoms with Crippen molar-refractivity contribution in [3.63, 3.8) is 0 Å². The molecule has 0 spiro atoms. The Bertz CT molecular complexity index is 1050. The minimum Gasteiger partial charge on any atom is -0.489 e. The SMILES string of the molecule is CC(C)n1c([C@H](O)c2ccc(OCc3ccccc3)cc2)nc2ccccc21. The van der Waals surface area contributed by atoms with Gasteiger partial charge in [0, 0.05) is 6.04 Å². The van der Waals surface area contributed by atoms with Gasteiger partial charge in [-0.1, -0.05) is 54.6 Å². The number of hydrogen-bond acceptors (Lipinski definition) is 3. The predicted molar refractivity (Wildman–Crippen MR) is 111 cm³/mol. The molecule has 0 fully saturated rings. The number of para-hydroxylation sites is 2. The van der Waals surface area contributed by atoms with Crippen LogP contribution in [0, 0.1) is 0 Å². The maximum atomic E-state index is 11.0. The number of fused-ring (bicyclic) bond motifs is 1. The standard InChI is InChI=1S/C24H24N2O2/c1-17(2)26-22-11-7-6-10-21(22)25-24(26)23(27)19-12-14-20(15-13-19)28-16-18-8-4-3-5-9-18/h3-15,17,23,27H,16H2,1-2H3/t23-/m1/s1. The van der Waals surface area contributed by atoms with Crippen LogP contribution in [0.1, 0.15) is 42.9 Å². The van der Waals surface area contributed by atoms with Crippen molar-refractivity contribution < 1.29 is 9.84 Å². The van der Waals surface area contributed by atoms with Gasteiger partial charge in [-0.15, -0.1) is 0 Å². The zero-order valence-corrected chi connectivity index (χ0v) is 16.1. The van der Waals surface area contributed by atoms with Crippen molar-refractivity contribution in [2.24, 2.45) is 0 Å². The second-order valence-corrected chi connectivity index (χ2v) is 7.17. The van der Waals surface area contributed by atoms with Gasteiger partial charge in [-0.05, 0) is 49.2 Å². The number of aromatic nitrogens is 2. The molecular weight excluding hydrogens is 348 g/mol. The van der Waals surface area contributed by atoms with E-state index < -0.39 is 6.10 Å². The third kappa shape index (κ3) is 3.64. The van der Waals surface area contributed by atoms with Crippen LogP contribution in [-0.4, -0.2) is 14.7 Å². The molecule has 0 unspecified atom stereocenters. The van der Waals surface area contributed by atoms with E-state index in [1.54, 1.807) is 0 Å². The maximum Gasteiger partial charge on any atom is 0.143 e. The van der Waals surface area contributed by atoms with E-state index in [2.05, 4.69) is 18.4 Å². The summed E-state index contributed by atoms with van der Waals surface area (Å²) in [5, 5.41) is 11.0. The summed E-state index contributed by atoms with van der Waals surface area (Å²) in [7, 11) is 0. The van der Waals surface area contributed by atoms with Gasteiger partial charge >= 0.3 is 0 Å². The molecule has 1 N–H and O–H groups in total. The fraction of sp³-hybridized carbons (Fsp3) is 0.208. The van der Waals surface area contributed by atoms with E-state index in [9.17, 15) is 5.11 Å². The zero-order chi connectivity index (χ0) is 19.5. The molecule has 1 aromatic heterocycles. The van der Waals surface area contributed by atoms with Crippen molar-refractivity contribution in [3.8, 4) is 5.75 Å². The number of ether oxygens (including phenoxy) is 1. The molecule has 142 valence electrons. The second-order valence-electron chi connectivity index (χ2n) is 7.17. The Morgan fingerprint density at radius 2 is 1.57 bits per heavy atom. The lowest BCUT2D eigenvalue weighted by atomic mass is 10.1. The first-order valence-electron chi connectivity index (χ1n) is 9.55. The molecule has 4 rings (SSSR count). The lowest BCUT2D eigenvalue weighted by Crippen LogP contribution is -2.12. The highest BCUT2D eigenvalue weighted by Gasteiger charge is 2.21. The normalized spacial score (nSPS) is 12.4. The number of benzene rings is 3. The highest BCUT2D eigenvalue weighted by atomic mass is 16.5. The monoisotopic (exact) mass is 372 g/mol. The summed E-state index contributed by atoms with van der Waals surface area (Å²) in [6, 6.07) is 25.8. The quantitative estimate of drug-likeness (QED) is 0.501. The van der Waals surface area contributed by atoms with Crippen molar-refractivity contribution in [1.82, 2.24) is 9.55 Å². The molecule has 0 amide bonds. The van der Waals surface area contributed by atoms with Crippen LogP contribution < -0.4 is 4.74 Å². The van der Waals surface area contributed by atoms with Crippen LogP contribution in [0.4, 0.5) is 0 Å². The van der Waals surface area contributed by atoms with Crippen LogP contribution in [0.15, 0.2) is 78.9 Å². The van der Waals surface area contributed by atoms with Gasteiger partial charge in [-0.25, -0.2) is 4.98 Å². The minimum absolute atomic E-state index is 0.200. The summed E-state index contributed by atoms with van der Waals surface area (Å²) < 4.78 is 7.94. The van der Waals surface area contributed by atoms with Crippen LogP contribution in [0.3, 0.4) is 0 Å². The molecule has 28 heavy (non-hydrogen) atoms. The molecule has 0 aliphatic carbocycles. The zero-order valence-electron chi connectivity index (χ0n) is 16.1. The molecule has 3 aromatic carbocycles. The van der Waals surface area contributed by atoms with Gasteiger partial charge in [-0.2, -0.15) is 0 Å². The van der Waals surface area contributed by atoms with Crippen LogP contribution in [-0.2, 0) is 6.61 Å². The van der Waals surface area contributed by atoms with Crippen molar-refractivity contribution >= 4 is 11.0 Å². The molecule has 1 atom stereocenters. The third-order valence-corrected chi connectivity index (χ3v) is 4.83. The lowest BCUT2D eigenvalue weighted by molar-refractivity contribution is 0.203. The van der Waals surface area contributed by atoms with E-state index in [-0.39, 0.29) is 6.04 Å². The summed E-state index contributed by atoms with van der Waals surface area (Å²) in [5.41, 5.74) is 3.85. The second kappa shape index (κ2) is 7.87. The molecule has 0 radical (unpaired) electrons. The average molecular weight is 372 g/mol. The predicted octanol–water partition coefficient (Wildman–Crippen LogP) is 5.28. The number of nitrogens with zero attached hydrogens (tertiary/aromatic N) is 2. The summed E-state index contributed by atoms with van der Waals surface area (Å²) >= 11 is 0. The van der Waals surface area contributed by atoms with Crippen LogP contribution in [0.25, 0.3) is 11.0 Å². The average Bonchev–Trinajstić information content (AvgIpc) is 3.13. The van der Waals surface area contributed by atoms with Crippen LogP contribution in [0.5, 0.6) is 5.75 Å². The van der Waals surface area contributed by atoms with E-state index in [4.69, 9.17) is 9.72 Å². The van der Waals surface area contributed by atoms with Gasteiger partial charge in [0.1, 0.15) is 24.3 Å². The lowest BCUT2D eigenvalue weighted by Gasteiger charge is -2.17. The fourth-order valence-electron chi connectivity index (χ4n) is 3.44. The van der Waals surface area contributed by atoms with Crippen LogP contribution in [0.2, 0.25) is 0 Å². The van der Waals surface area contributed by atoms with Gasteiger partial charge in [0.2, 0.25) is 0 Å². The Hall–Kier alpha value is -3.11. The van der Waals surface area contributed by atoms with Crippen LogP contribution >= 0.6 is 0 Å².